The topological polar surface area (TPSA) is 102 Å². The van der Waals surface area contributed by atoms with Gasteiger partial charge in [-0.25, -0.2) is 21.9 Å². The molecule has 2 aromatic carbocycles. The van der Waals surface area contributed by atoms with Crippen LogP contribution in [0.4, 0.5) is 14.5 Å². The standard InChI is InChI=1S/C26H34F2N4O3S2/c1-6-26(3,7-2)25(33)31-37(34,35)22-14-18(16-29)24(23(28)15-22)30-20(12-13-32(4)5)17-36-21-10-8-19(27)9-11-21/h8-11,14-15,20,30H,6-7,12-13,17H2,1-5H3,(H,31,33)/t20-/m1/s1. The van der Waals surface area contributed by atoms with E-state index in [1.165, 1.54) is 23.9 Å². The summed E-state index contributed by atoms with van der Waals surface area (Å²) in [6.07, 6.45) is 1.46. The van der Waals surface area contributed by atoms with Gasteiger partial charge in [0.15, 0.2) is 0 Å². The fourth-order valence-corrected chi connectivity index (χ4v) is 5.50. The molecule has 11 heteroatoms. The molecule has 7 nitrogen and oxygen atoms in total. The highest BCUT2D eigenvalue weighted by molar-refractivity contribution is 7.99. The van der Waals surface area contributed by atoms with Gasteiger partial charge in [-0.1, -0.05) is 20.8 Å². The van der Waals surface area contributed by atoms with Crippen molar-refractivity contribution in [3.05, 3.63) is 53.6 Å². The number of hydrogen-bond acceptors (Lipinski definition) is 7. The van der Waals surface area contributed by atoms with Crippen LogP contribution in [-0.2, 0) is 14.8 Å². The summed E-state index contributed by atoms with van der Waals surface area (Å²) in [5.74, 6) is -1.44. The van der Waals surface area contributed by atoms with Crippen LogP contribution in [0.15, 0.2) is 46.2 Å². The van der Waals surface area contributed by atoms with E-state index in [0.717, 1.165) is 17.0 Å². The monoisotopic (exact) mass is 552 g/mol. The molecule has 0 aliphatic carbocycles. The summed E-state index contributed by atoms with van der Waals surface area (Å²) in [6, 6.07) is 9.48. The van der Waals surface area contributed by atoms with Crippen molar-refractivity contribution in [2.75, 3.05) is 31.7 Å². The lowest BCUT2D eigenvalue weighted by atomic mass is 9.84. The summed E-state index contributed by atoms with van der Waals surface area (Å²) in [5.41, 5.74) is -1.20. The Morgan fingerprint density at radius 1 is 1.16 bits per heavy atom. The molecular weight excluding hydrogens is 518 g/mol. The molecule has 2 rings (SSSR count). The third-order valence-electron chi connectivity index (χ3n) is 6.37. The van der Waals surface area contributed by atoms with Gasteiger partial charge < -0.3 is 10.2 Å². The molecule has 0 saturated carbocycles. The van der Waals surface area contributed by atoms with Crippen LogP contribution in [0.1, 0.15) is 45.6 Å². The van der Waals surface area contributed by atoms with Crippen molar-refractivity contribution in [2.45, 2.75) is 55.9 Å². The number of thioether (sulfide) groups is 1. The summed E-state index contributed by atoms with van der Waals surface area (Å²) >= 11 is 1.45. The highest BCUT2D eigenvalue weighted by atomic mass is 32.2. The number of carbonyl (C=O) groups excluding carboxylic acids is 1. The first-order chi connectivity index (χ1) is 17.3. The Morgan fingerprint density at radius 2 is 1.78 bits per heavy atom. The summed E-state index contributed by atoms with van der Waals surface area (Å²) in [6.45, 7) is 5.90. The second-order valence-electron chi connectivity index (χ2n) is 9.34. The molecule has 2 N–H and O–H groups in total. The molecule has 0 radical (unpaired) electrons. The summed E-state index contributed by atoms with van der Waals surface area (Å²) in [7, 11) is -0.586. The highest BCUT2D eigenvalue weighted by Crippen LogP contribution is 2.29. The number of hydrogen-bond donors (Lipinski definition) is 2. The highest BCUT2D eigenvalue weighted by Gasteiger charge is 2.33. The zero-order valence-corrected chi connectivity index (χ0v) is 23.4. The Balaban J connectivity index is 2.31. The zero-order valence-electron chi connectivity index (χ0n) is 21.8. The van der Waals surface area contributed by atoms with Gasteiger partial charge >= 0.3 is 0 Å². The lowest BCUT2D eigenvalue weighted by Crippen LogP contribution is -2.41. The Kier molecular flexibility index (Phi) is 10.9. The number of nitrogens with zero attached hydrogens (tertiary/aromatic N) is 2. The van der Waals surface area contributed by atoms with E-state index in [0.29, 0.717) is 31.6 Å². The van der Waals surface area contributed by atoms with E-state index in [4.69, 9.17) is 0 Å². The van der Waals surface area contributed by atoms with E-state index in [9.17, 15) is 22.9 Å². The molecule has 2 aromatic rings. The van der Waals surface area contributed by atoms with Crippen molar-refractivity contribution in [3.8, 4) is 6.07 Å². The molecule has 0 fully saturated rings. The van der Waals surface area contributed by atoms with Gasteiger partial charge in [0.1, 0.15) is 17.7 Å². The van der Waals surface area contributed by atoms with Crippen molar-refractivity contribution in [2.24, 2.45) is 5.41 Å². The average molecular weight is 553 g/mol. The first-order valence-electron chi connectivity index (χ1n) is 12.0. The first-order valence-corrected chi connectivity index (χ1v) is 14.4. The third kappa shape index (κ3) is 8.42. The van der Waals surface area contributed by atoms with E-state index in [-0.39, 0.29) is 23.1 Å². The van der Waals surface area contributed by atoms with Gasteiger partial charge in [-0.3, -0.25) is 4.79 Å². The number of nitrogens with one attached hydrogen (secondary N) is 2. The Morgan fingerprint density at radius 3 is 2.32 bits per heavy atom. The summed E-state index contributed by atoms with van der Waals surface area (Å²) < 4.78 is 56.2. The molecule has 0 saturated heterocycles. The predicted molar refractivity (Wildman–Crippen MR) is 143 cm³/mol. The number of sulfonamides is 1. The van der Waals surface area contributed by atoms with Crippen LogP contribution >= 0.6 is 11.8 Å². The Bertz CT molecular complexity index is 1230. The van der Waals surface area contributed by atoms with E-state index in [1.807, 2.05) is 29.8 Å². The number of halogens is 2. The van der Waals surface area contributed by atoms with Gasteiger partial charge in [0, 0.05) is 22.1 Å². The van der Waals surface area contributed by atoms with Crippen molar-refractivity contribution >= 4 is 33.4 Å². The number of rotatable bonds is 13. The molecule has 0 aliphatic rings. The van der Waals surface area contributed by atoms with Crippen molar-refractivity contribution in [1.82, 2.24) is 9.62 Å². The molecular formula is C26H34F2N4O3S2. The molecule has 202 valence electrons. The Hall–Kier alpha value is -2.68. The van der Waals surface area contributed by atoms with Crippen LogP contribution in [0.25, 0.3) is 0 Å². The molecule has 0 heterocycles. The van der Waals surface area contributed by atoms with E-state index < -0.39 is 32.1 Å². The van der Waals surface area contributed by atoms with Crippen LogP contribution in [0.2, 0.25) is 0 Å². The van der Waals surface area contributed by atoms with E-state index >= 15 is 4.39 Å². The van der Waals surface area contributed by atoms with E-state index in [1.54, 1.807) is 32.9 Å². The lowest BCUT2D eigenvalue weighted by Gasteiger charge is -2.25. The van der Waals surface area contributed by atoms with Crippen molar-refractivity contribution < 1.29 is 22.0 Å². The maximum absolute atomic E-state index is 15.2. The number of nitriles is 1. The fourth-order valence-electron chi connectivity index (χ4n) is 3.39. The summed E-state index contributed by atoms with van der Waals surface area (Å²) in [4.78, 5) is 14.9. The SMILES string of the molecule is CCC(C)(CC)C(=O)NS(=O)(=O)c1cc(F)c(N[C@H](CCN(C)C)CSc2ccc(F)cc2)c(C#N)c1. The van der Waals surface area contributed by atoms with Gasteiger partial charge in [0.05, 0.1) is 16.1 Å². The molecule has 0 aliphatic heterocycles. The normalized spacial score (nSPS) is 12.7. The van der Waals surface area contributed by atoms with Crippen LogP contribution in [0, 0.1) is 28.4 Å². The second-order valence-corrected chi connectivity index (χ2v) is 12.1. The lowest BCUT2D eigenvalue weighted by molar-refractivity contribution is -0.128. The molecule has 0 aromatic heterocycles. The maximum atomic E-state index is 15.2. The number of carbonyl (C=O) groups is 1. The van der Waals surface area contributed by atoms with Crippen molar-refractivity contribution in [1.29, 1.82) is 5.26 Å². The van der Waals surface area contributed by atoms with E-state index in [2.05, 4.69) is 5.32 Å². The van der Waals surface area contributed by atoms with Crippen LogP contribution < -0.4 is 10.0 Å². The largest absolute Gasteiger partial charge is 0.378 e. The summed E-state index contributed by atoms with van der Waals surface area (Å²) in [5, 5.41) is 12.8. The average Bonchev–Trinajstić information content (AvgIpc) is 2.86. The molecule has 37 heavy (non-hydrogen) atoms. The van der Waals surface area contributed by atoms with Gasteiger partial charge in [-0.15, -0.1) is 11.8 Å². The van der Waals surface area contributed by atoms with Crippen LogP contribution in [-0.4, -0.2) is 51.7 Å². The number of anilines is 1. The maximum Gasteiger partial charge on any atom is 0.264 e. The van der Waals surface area contributed by atoms with Crippen molar-refractivity contribution in [3.63, 3.8) is 0 Å². The molecule has 0 bridgehead atoms. The predicted octanol–water partition coefficient (Wildman–Crippen LogP) is 4.99. The first kappa shape index (κ1) is 30.5. The fraction of sp³-hybridized carbons (Fsp3) is 0.462. The number of amides is 1. The second kappa shape index (κ2) is 13.2. The molecule has 0 spiro atoms. The molecule has 1 amide bonds. The quantitative estimate of drug-likeness (QED) is 0.338. The minimum absolute atomic E-state index is 0.108. The van der Waals surface area contributed by atoms with Gasteiger partial charge in [-0.05, 0) is 76.3 Å². The minimum atomic E-state index is -4.39. The smallest absolute Gasteiger partial charge is 0.264 e. The van der Waals surface area contributed by atoms with Crippen LogP contribution in [0.5, 0.6) is 0 Å². The molecule has 1 atom stereocenters. The van der Waals surface area contributed by atoms with Gasteiger partial charge in [0.2, 0.25) is 5.91 Å². The zero-order chi connectivity index (χ0) is 27.8. The molecule has 0 unspecified atom stereocenters. The third-order valence-corrected chi connectivity index (χ3v) is 8.85. The minimum Gasteiger partial charge on any atom is -0.378 e. The van der Waals surface area contributed by atoms with Gasteiger partial charge in [0.25, 0.3) is 10.0 Å². The Labute approximate surface area is 222 Å². The van der Waals surface area contributed by atoms with Gasteiger partial charge in [-0.2, -0.15) is 5.26 Å². The van der Waals surface area contributed by atoms with Crippen LogP contribution in [0.3, 0.4) is 0 Å². The number of benzene rings is 2.